The zero-order valence-corrected chi connectivity index (χ0v) is 28.5. The van der Waals surface area contributed by atoms with E-state index in [0.717, 1.165) is 0 Å². The fraction of sp³-hybridized carbons (Fsp3) is 0.900. The van der Waals surface area contributed by atoms with E-state index in [2.05, 4.69) is 18.8 Å². The van der Waals surface area contributed by atoms with E-state index in [1.807, 2.05) is 0 Å². The number of esters is 2. The van der Waals surface area contributed by atoms with Crippen molar-refractivity contribution in [1.82, 2.24) is 0 Å². The predicted molar refractivity (Wildman–Crippen MR) is 111 cm³/mol. The van der Waals surface area contributed by atoms with Crippen LogP contribution in [-0.2, 0) is 28.4 Å². The molecule has 0 radical (unpaired) electrons. The molecule has 57 heavy (non-hydrogen) atoms. The molecule has 0 saturated carbocycles. The van der Waals surface area contributed by atoms with Crippen LogP contribution in [0.4, 0.5) is 123 Å². The van der Waals surface area contributed by atoms with E-state index >= 15 is 0 Å². The molecule has 1 unspecified atom stereocenters. The van der Waals surface area contributed by atoms with E-state index < -0.39 is 133 Å². The van der Waals surface area contributed by atoms with Crippen molar-refractivity contribution in [2.24, 2.45) is 0 Å². The number of hydrogen-bond donors (Lipinski definition) is 0. The molecular formula is C20H9F28NaO7S. The van der Waals surface area contributed by atoms with Gasteiger partial charge in [-0.2, -0.15) is 110 Å². The standard InChI is InChI=1S/C20H10F28O7S.Na/c21-7(22)11(29,30)15(37,38)17(41,42)13(33,34)9(25,26)2-52-5(49)1-4(56-55-54-51)6(50)53-3-10(27,28)14(35,36)18(43,44)20(47,48)19(45,46)16(39,40)12(31,32)8(23)24;/h4,7-8,51H,1-3H2;/q;+1/p-1. The van der Waals surface area contributed by atoms with Crippen molar-refractivity contribution in [3.63, 3.8) is 0 Å². The van der Waals surface area contributed by atoms with Crippen LogP contribution in [-0.4, -0.2) is 114 Å². The fourth-order valence-electron chi connectivity index (χ4n) is 2.98. The van der Waals surface area contributed by atoms with Crippen LogP contribution in [0.1, 0.15) is 6.42 Å². The quantitative estimate of drug-likeness (QED) is 0.0380. The Morgan fingerprint density at radius 1 is 0.474 bits per heavy atom. The van der Waals surface area contributed by atoms with Crippen molar-refractivity contribution in [2.45, 2.75) is 95.6 Å². The van der Waals surface area contributed by atoms with Gasteiger partial charge in [-0.1, -0.05) is 0 Å². The maximum atomic E-state index is 14.0. The summed E-state index contributed by atoms with van der Waals surface area (Å²) in [5.41, 5.74) is 0. The van der Waals surface area contributed by atoms with Gasteiger partial charge in [0, 0.05) is 12.0 Å². The average molecular weight is 948 g/mol. The molecule has 0 aromatic rings. The van der Waals surface area contributed by atoms with Crippen molar-refractivity contribution in [1.29, 1.82) is 0 Å². The van der Waals surface area contributed by atoms with Crippen molar-refractivity contribution >= 4 is 24.0 Å². The van der Waals surface area contributed by atoms with Crippen molar-refractivity contribution in [3.05, 3.63) is 0 Å². The van der Waals surface area contributed by atoms with E-state index in [1.165, 1.54) is 0 Å². The van der Waals surface area contributed by atoms with Crippen molar-refractivity contribution in [2.75, 3.05) is 13.2 Å². The van der Waals surface area contributed by atoms with E-state index in [0.29, 0.717) is 0 Å². The van der Waals surface area contributed by atoms with Gasteiger partial charge in [-0.25, -0.2) is 17.6 Å². The molecule has 0 aliphatic rings. The van der Waals surface area contributed by atoms with Gasteiger partial charge in [0.05, 0.1) is 6.42 Å². The molecule has 1 atom stereocenters. The van der Waals surface area contributed by atoms with Crippen LogP contribution in [0.3, 0.4) is 0 Å². The SMILES string of the molecule is O=C(CC(SOO[O-])C(=O)OCC(F)(F)C(F)(F)C(F)(F)C(F)(F)C(F)(F)C(F)(F)C(F)(F)C(F)F)OCC(F)(F)C(F)(F)C(F)(F)C(F)(F)C(F)(F)C(F)F.[Na+]. The summed E-state index contributed by atoms with van der Waals surface area (Å²) in [6.07, 6.45) is -14.6. The minimum atomic E-state index is -8.91. The maximum absolute atomic E-state index is 14.0. The van der Waals surface area contributed by atoms with E-state index in [4.69, 9.17) is 0 Å². The summed E-state index contributed by atoms with van der Waals surface area (Å²) in [6, 6.07) is 0. The maximum Gasteiger partial charge on any atom is 1.00 e. The summed E-state index contributed by atoms with van der Waals surface area (Å²) < 4.78 is 382. The number of hydrogen-bond acceptors (Lipinski definition) is 8. The van der Waals surface area contributed by atoms with Crippen LogP contribution in [0.25, 0.3) is 0 Å². The van der Waals surface area contributed by atoms with Gasteiger partial charge in [0.2, 0.25) is 0 Å². The number of alkyl halides is 28. The van der Waals surface area contributed by atoms with E-state index in [-0.39, 0.29) is 29.6 Å². The molecule has 334 valence electrons. The van der Waals surface area contributed by atoms with Crippen molar-refractivity contribution < 1.29 is 186 Å². The zero-order chi connectivity index (χ0) is 45.5. The monoisotopic (exact) mass is 948 g/mol. The average Bonchev–Trinajstić information content (AvgIpc) is 3.03. The summed E-state index contributed by atoms with van der Waals surface area (Å²) in [4.78, 5) is 23.5. The Hall–Kier alpha value is -1.79. The number of ether oxygens (including phenoxy) is 2. The van der Waals surface area contributed by atoms with Crippen LogP contribution in [0.15, 0.2) is 0 Å². The normalized spacial score (nSPS) is 15.8. The smallest absolute Gasteiger partial charge is 0.691 e. The largest absolute Gasteiger partial charge is 1.00 e. The molecule has 0 aliphatic heterocycles. The predicted octanol–water partition coefficient (Wildman–Crippen LogP) is 4.86. The Bertz CT molecular complexity index is 1380. The molecule has 37 heteroatoms. The minimum absolute atomic E-state index is 0. The van der Waals surface area contributed by atoms with Gasteiger partial charge in [-0.15, -0.1) is 0 Å². The molecular weight excluding hydrogens is 939 g/mol. The second-order valence-electron chi connectivity index (χ2n) is 10.0. The van der Waals surface area contributed by atoms with Crippen LogP contribution in [0.5, 0.6) is 0 Å². The third-order valence-electron chi connectivity index (χ3n) is 6.28. The first kappa shape index (κ1) is 57.3. The number of rotatable bonds is 22. The first-order valence-corrected chi connectivity index (χ1v) is 13.2. The van der Waals surface area contributed by atoms with Gasteiger partial charge in [0.15, 0.2) is 13.2 Å². The van der Waals surface area contributed by atoms with Crippen LogP contribution >= 0.6 is 12.0 Å². The Balaban J connectivity index is 0. The van der Waals surface area contributed by atoms with Gasteiger partial charge in [0.25, 0.3) is 0 Å². The van der Waals surface area contributed by atoms with Crippen molar-refractivity contribution in [3.8, 4) is 0 Å². The summed E-state index contributed by atoms with van der Waals surface area (Å²) in [5, 5.41) is 9.01. The van der Waals surface area contributed by atoms with Gasteiger partial charge < -0.3 is 14.7 Å². The summed E-state index contributed by atoms with van der Waals surface area (Å²) >= 11 is -1.25. The molecule has 0 aliphatic carbocycles. The third-order valence-corrected chi connectivity index (χ3v) is 7.00. The van der Waals surface area contributed by atoms with E-state index in [9.17, 15) is 138 Å². The molecule has 0 aromatic heterocycles. The van der Waals surface area contributed by atoms with E-state index in [1.54, 1.807) is 0 Å². The third kappa shape index (κ3) is 9.58. The van der Waals surface area contributed by atoms with Crippen LogP contribution in [0.2, 0.25) is 0 Å². The Morgan fingerprint density at radius 2 is 0.754 bits per heavy atom. The topological polar surface area (TPSA) is 94.1 Å². The molecule has 7 nitrogen and oxygen atoms in total. The first-order valence-electron chi connectivity index (χ1n) is 12.4. The molecule has 0 heterocycles. The van der Waals surface area contributed by atoms with Crippen LogP contribution < -0.4 is 34.8 Å². The zero-order valence-electron chi connectivity index (χ0n) is 25.7. The molecule has 0 aromatic carbocycles. The summed E-state index contributed by atoms with van der Waals surface area (Å²) in [6.45, 7) is -7.74. The fourth-order valence-corrected chi connectivity index (χ4v) is 3.46. The number of halogens is 28. The van der Waals surface area contributed by atoms with Gasteiger partial charge in [-0.3, -0.25) is 14.6 Å². The molecule has 0 fully saturated rings. The molecule has 0 amide bonds. The Morgan fingerprint density at radius 3 is 1.07 bits per heavy atom. The minimum Gasteiger partial charge on any atom is -0.691 e. The number of carbonyl (C=O) groups is 2. The molecule has 0 bridgehead atoms. The molecule has 0 rings (SSSR count). The number of carbonyl (C=O) groups excluding carboxylic acids is 2. The Kier molecular flexibility index (Phi) is 17.8. The molecule has 0 saturated heterocycles. The van der Waals surface area contributed by atoms with Crippen LogP contribution in [0, 0.1) is 0 Å². The van der Waals surface area contributed by atoms with Gasteiger partial charge >= 0.3 is 125 Å². The summed E-state index contributed by atoms with van der Waals surface area (Å²) in [7, 11) is 0. The Labute approximate surface area is 318 Å². The first-order chi connectivity index (χ1) is 24.3. The summed E-state index contributed by atoms with van der Waals surface area (Å²) in [5.74, 6) is -103. The molecule has 0 N–H and O–H groups in total. The molecule has 0 spiro atoms. The van der Waals surface area contributed by atoms with Gasteiger partial charge in [0.1, 0.15) is 5.25 Å². The second kappa shape index (κ2) is 17.7. The van der Waals surface area contributed by atoms with Gasteiger partial charge in [-0.05, 0) is 0 Å². The second-order valence-corrected chi connectivity index (χ2v) is 10.9.